The molecular formula is C21H29N9O3. The summed E-state index contributed by atoms with van der Waals surface area (Å²) in [6.07, 6.45) is 5.32. The summed E-state index contributed by atoms with van der Waals surface area (Å²) in [5.41, 5.74) is 8.04. The topological polar surface area (TPSA) is 135 Å². The average molecular weight is 456 g/mol. The number of carbonyl (C=O) groups excluding carboxylic acids is 1. The summed E-state index contributed by atoms with van der Waals surface area (Å²) in [4.78, 5) is 40.5. The molecule has 0 radical (unpaired) electrons. The van der Waals surface area contributed by atoms with Crippen molar-refractivity contribution >= 4 is 23.8 Å². The lowest BCUT2D eigenvalue weighted by Crippen LogP contribution is -2.45. The summed E-state index contributed by atoms with van der Waals surface area (Å²) < 4.78 is 5.47. The second kappa shape index (κ2) is 9.32. The highest BCUT2D eigenvalue weighted by atomic mass is 16.7. The van der Waals surface area contributed by atoms with E-state index < -0.39 is 6.09 Å². The van der Waals surface area contributed by atoms with Gasteiger partial charge in [-0.25, -0.2) is 19.7 Å². The number of fused-ring (bicyclic) bond motifs is 1. The fourth-order valence-corrected chi connectivity index (χ4v) is 4.36. The van der Waals surface area contributed by atoms with Crippen LogP contribution >= 0.6 is 0 Å². The van der Waals surface area contributed by atoms with E-state index in [4.69, 9.17) is 25.3 Å². The zero-order valence-electron chi connectivity index (χ0n) is 18.7. The molecule has 0 atom stereocenters. The van der Waals surface area contributed by atoms with E-state index in [1.54, 1.807) is 17.5 Å². The number of rotatable bonds is 4. The molecule has 12 heteroatoms. The van der Waals surface area contributed by atoms with Crippen molar-refractivity contribution in [1.82, 2.24) is 30.2 Å². The highest BCUT2D eigenvalue weighted by molar-refractivity contribution is 5.74. The predicted octanol–water partition coefficient (Wildman–Crippen LogP) is 0.450. The van der Waals surface area contributed by atoms with E-state index in [1.165, 1.54) is 0 Å². The summed E-state index contributed by atoms with van der Waals surface area (Å²) in [7, 11) is 2.09. The monoisotopic (exact) mass is 455 g/mol. The van der Waals surface area contributed by atoms with Crippen LogP contribution in [0.1, 0.15) is 18.4 Å². The number of nitrogens with one attached hydrogen (secondary N) is 1. The predicted molar refractivity (Wildman–Crippen MR) is 122 cm³/mol. The number of amides is 1. The number of ether oxygens (including phenoxy) is 1. The molecule has 5 heterocycles. The third-order valence-corrected chi connectivity index (χ3v) is 6.25. The number of carbonyl (C=O) groups is 1. The first-order chi connectivity index (χ1) is 16.1. The van der Waals surface area contributed by atoms with Gasteiger partial charge in [-0.3, -0.25) is 0 Å². The van der Waals surface area contributed by atoms with Crippen molar-refractivity contribution in [2.45, 2.75) is 25.3 Å². The number of likely N-dealkylation sites (tertiary alicyclic amines) is 1. The molecule has 0 bridgehead atoms. The molecule has 3 aliphatic heterocycles. The zero-order valence-corrected chi connectivity index (χ0v) is 18.7. The summed E-state index contributed by atoms with van der Waals surface area (Å²) in [6.45, 7) is 5.02. The number of aromatic nitrogens is 4. The van der Waals surface area contributed by atoms with Crippen LogP contribution in [0, 0.1) is 0 Å². The van der Waals surface area contributed by atoms with Crippen LogP contribution in [0.4, 0.5) is 22.5 Å². The lowest BCUT2D eigenvalue weighted by atomic mass is 10.1. The first-order valence-corrected chi connectivity index (χ1v) is 11.3. The van der Waals surface area contributed by atoms with Gasteiger partial charge in [0.25, 0.3) is 0 Å². The van der Waals surface area contributed by atoms with Crippen molar-refractivity contribution in [1.29, 1.82) is 0 Å². The summed E-state index contributed by atoms with van der Waals surface area (Å²) in [5, 5.41) is 4.56. The number of anilines is 3. The van der Waals surface area contributed by atoms with Crippen molar-refractivity contribution in [2.24, 2.45) is 0 Å². The van der Waals surface area contributed by atoms with Crippen LogP contribution in [0.25, 0.3) is 11.3 Å². The van der Waals surface area contributed by atoms with Crippen LogP contribution < -0.4 is 21.0 Å². The molecular weight excluding hydrogens is 426 g/mol. The third kappa shape index (κ3) is 4.76. The summed E-state index contributed by atoms with van der Waals surface area (Å²) in [6, 6.07) is 0.118. The maximum Gasteiger partial charge on any atom is 0.431 e. The molecule has 0 aliphatic carbocycles. The van der Waals surface area contributed by atoms with Gasteiger partial charge in [0.1, 0.15) is 0 Å². The Kier molecular flexibility index (Phi) is 6.09. The molecule has 3 N–H and O–H groups in total. The minimum Gasteiger partial charge on any atom is -0.378 e. The Morgan fingerprint density at radius 1 is 1.12 bits per heavy atom. The molecule has 0 aromatic carbocycles. The molecule has 0 unspecified atom stereocenters. The van der Waals surface area contributed by atoms with Crippen LogP contribution in [-0.2, 0) is 16.0 Å². The first kappa shape index (κ1) is 21.6. The maximum atomic E-state index is 12.6. The van der Waals surface area contributed by atoms with Crippen LogP contribution in [0.2, 0.25) is 0 Å². The van der Waals surface area contributed by atoms with E-state index in [2.05, 4.69) is 32.1 Å². The maximum absolute atomic E-state index is 12.6. The third-order valence-electron chi connectivity index (χ3n) is 6.25. The standard InChI is InChI=1S/C21H29N9O3/c1-28-5-2-15(3-6-28)25-21(31)33-30-7-4-16-17(14-12-23-19(22)24-13-14)26-20(27-18(16)30)29-8-10-32-11-9-29/h12-13,15H,2-11H2,1H3,(H,25,31)(H2,22,23,24). The second-order valence-electron chi connectivity index (χ2n) is 8.56. The molecule has 0 spiro atoms. The van der Waals surface area contributed by atoms with E-state index in [9.17, 15) is 4.79 Å². The highest BCUT2D eigenvalue weighted by Gasteiger charge is 2.31. The Hall–Kier alpha value is -3.25. The van der Waals surface area contributed by atoms with Gasteiger partial charge >= 0.3 is 6.09 Å². The number of morpholine rings is 1. The fraction of sp³-hybridized carbons (Fsp3) is 0.571. The van der Waals surface area contributed by atoms with Crippen molar-refractivity contribution in [3.8, 4) is 11.3 Å². The molecule has 2 saturated heterocycles. The number of hydrogen-bond acceptors (Lipinski definition) is 11. The number of piperidine rings is 1. The minimum absolute atomic E-state index is 0.118. The van der Waals surface area contributed by atoms with Gasteiger partial charge in [0, 0.05) is 42.7 Å². The Morgan fingerprint density at radius 2 is 1.85 bits per heavy atom. The lowest BCUT2D eigenvalue weighted by Gasteiger charge is -2.30. The normalized spacial score (nSPS) is 19.4. The van der Waals surface area contributed by atoms with Gasteiger partial charge in [-0.1, -0.05) is 0 Å². The minimum atomic E-state index is -0.457. The van der Waals surface area contributed by atoms with Gasteiger partial charge in [-0.15, -0.1) is 0 Å². The fourth-order valence-electron chi connectivity index (χ4n) is 4.36. The number of nitrogen functional groups attached to an aromatic ring is 1. The van der Waals surface area contributed by atoms with E-state index in [0.29, 0.717) is 51.0 Å². The largest absolute Gasteiger partial charge is 0.431 e. The molecule has 2 aromatic heterocycles. The van der Waals surface area contributed by atoms with Crippen molar-refractivity contribution < 1.29 is 14.4 Å². The molecule has 12 nitrogen and oxygen atoms in total. The van der Waals surface area contributed by atoms with Crippen LogP contribution in [-0.4, -0.2) is 90.0 Å². The number of nitrogens with two attached hydrogens (primary N) is 1. The SMILES string of the molecule is CN1CCC(NC(=O)ON2CCc3c(-c4cnc(N)nc4)nc(N4CCOCC4)nc32)CC1. The second-order valence-corrected chi connectivity index (χ2v) is 8.56. The van der Waals surface area contributed by atoms with Crippen LogP contribution in [0.15, 0.2) is 12.4 Å². The molecule has 0 saturated carbocycles. The molecule has 3 aliphatic rings. The van der Waals surface area contributed by atoms with Crippen LogP contribution in [0.5, 0.6) is 0 Å². The number of nitrogens with zero attached hydrogens (tertiary/aromatic N) is 7. The summed E-state index contributed by atoms with van der Waals surface area (Å²) in [5.74, 6) is 1.36. The molecule has 2 aromatic rings. The molecule has 1 amide bonds. The van der Waals surface area contributed by atoms with E-state index in [-0.39, 0.29) is 12.0 Å². The van der Waals surface area contributed by atoms with Gasteiger partial charge in [0.2, 0.25) is 11.9 Å². The van der Waals surface area contributed by atoms with Crippen molar-refractivity contribution in [2.75, 3.05) is 68.7 Å². The van der Waals surface area contributed by atoms with Gasteiger partial charge in [0.05, 0.1) is 25.5 Å². The molecule has 5 rings (SSSR count). The number of hydrogen-bond donors (Lipinski definition) is 2. The Bertz CT molecular complexity index is 989. The molecule has 2 fully saturated rings. The number of hydroxylamine groups is 1. The van der Waals surface area contributed by atoms with E-state index in [0.717, 1.165) is 42.8 Å². The van der Waals surface area contributed by atoms with Gasteiger partial charge in [-0.05, 0) is 39.4 Å². The molecule has 33 heavy (non-hydrogen) atoms. The van der Waals surface area contributed by atoms with Gasteiger partial charge in [-0.2, -0.15) is 10.0 Å². The Balaban J connectivity index is 1.40. The van der Waals surface area contributed by atoms with Crippen molar-refractivity contribution in [3.63, 3.8) is 0 Å². The highest BCUT2D eigenvalue weighted by Crippen LogP contribution is 2.35. The zero-order chi connectivity index (χ0) is 22.8. The van der Waals surface area contributed by atoms with Crippen molar-refractivity contribution in [3.05, 3.63) is 18.0 Å². The first-order valence-electron chi connectivity index (χ1n) is 11.3. The lowest BCUT2D eigenvalue weighted by molar-refractivity contribution is 0.121. The average Bonchev–Trinajstić information content (AvgIpc) is 3.23. The van der Waals surface area contributed by atoms with Gasteiger partial charge < -0.3 is 30.4 Å². The van der Waals surface area contributed by atoms with E-state index in [1.807, 2.05) is 0 Å². The quantitative estimate of drug-likeness (QED) is 0.665. The Morgan fingerprint density at radius 3 is 2.58 bits per heavy atom. The van der Waals surface area contributed by atoms with Crippen LogP contribution in [0.3, 0.4) is 0 Å². The summed E-state index contributed by atoms with van der Waals surface area (Å²) >= 11 is 0. The van der Waals surface area contributed by atoms with Gasteiger partial charge in [0.15, 0.2) is 5.82 Å². The van der Waals surface area contributed by atoms with E-state index >= 15 is 0 Å². The molecule has 176 valence electrons. The Labute approximate surface area is 192 Å². The smallest absolute Gasteiger partial charge is 0.378 e.